The highest BCUT2D eigenvalue weighted by molar-refractivity contribution is 7.49. The SMILES string of the molecule is CCN(C(=O)N(C)P(=O)(O)O)c1ccc(C2CCCN2C)cc1. The smallest absolute Gasteiger partial charge is 0.308 e. The zero-order chi connectivity index (χ0) is 17.2. The van der Waals surface area contributed by atoms with Crippen LogP contribution >= 0.6 is 7.75 Å². The van der Waals surface area contributed by atoms with Crippen LogP contribution in [0.25, 0.3) is 0 Å². The van der Waals surface area contributed by atoms with Crippen molar-refractivity contribution in [3.8, 4) is 0 Å². The van der Waals surface area contributed by atoms with Gasteiger partial charge >= 0.3 is 13.8 Å². The molecule has 1 aliphatic heterocycles. The average Bonchev–Trinajstić information content (AvgIpc) is 2.93. The Hall–Kier alpha value is -1.40. The molecule has 1 fully saturated rings. The van der Waals surface area contributed by atoms with Crippen LogP contribution in [0.4, 0.5) is 10.5 Å². The van der Waals surface area contributed by atoms with Crippen LogP contribution in [0.15, 0.2) is 24.3 Å². The van der Waals surface area contributed by atoms with Gasteiger partial charge in [-0.2, -0.15) is 0 Å². The van der Waals surface area contributed by atoms with E-state index in [4.69, 9.17) is 9.79 Å². The number of benzene rings is 1. The van der Waals surface area contributed by atoms with Gasteiger partial charge in [-0.25, -0.2) is 14.0 Å². The van der Waals surface area contributed by atoms with Crippen LogP contribution in [0.5, 0.6) is 0 Å². The summed E-state index contributed by atoms with van der Waals surface area (Å²) in [7, 11) is -1.40. The van der Waals surface area contributed by atoms with Crippen LogP contribution in [0.3, 0.4) is 0 Å². The molecule has 8 heteroatoms. The summed E-state index contributed by atoms with van der Waals surface area (Å²) >= 11 is 0. The minimum atomic E-state index is -4.60. The fourth-order valence-electron chi connectivity index (χ4n) is 2.92. The Bertz CT molecular complexity index is 601. The maximum absolute atomic E-state index is 12.3. The van der Waals surface area contributed by atoms with Gasteiger partial charge in [0, 0.05) is 25.3 Å². The van der Waals surface area contributed by atoms with Crippen LogP contribution in [0, 0.1) is 0 Å². The molecule has 2 N–H and O–H groups in total. The summed E-state index contributed by atoms with van der Waals surface area (Å²) in [6.07, 6.45) is 2.29. The van der Waals surface area contributed by atoms with Gasteiger partial charge in [0.1, 0.15) is 0 Å². The summed E-state index contributed by atoms with van der Waals surface area (Å²) < 4.78 is 11.7. The number of carbonyl (C=O) groups is 1. The van der Waals surface area contributed by atoms with Gasteiger partial charge in [0.25, 0.3) is 0 Å². The van der Waals surface area contributed by atoms with Crippen molar-refractivity contribution in [3.05, 3.63) is 29.8 Å². The minimum Gasteiger partial charge on any atom is -0.308 e. The van der Waals surface area contributed by atoms with Crippen molar-refractivity contribution in [2.24, 2.45) is 0 Å². The Morgan fingerprint density at radius 1 is 1.35 bits per heavy atom. The Labute approximate surface area is 136 Å². The van der Waals surface area contributed by atoms with Gasteiger partial charge in [-0.1, -0.05) is 12.1 Å². The van der Waals surface area contributed by atoms with E-state index in [-0.39, 0.29) is 0 Å². The molecular weight excluding hydrogens is 317 g/mol. The predicted molar refractivity (Wildman–Crippen MR) is 89.3 cm³/mol. The molecule has 1 aromatic carbocycles. The van der Waals surface area contributed by atoms with Crippen molar-refractivity contribution in [1.82, 2.24) is 9.57 Å². The van der Waals surface area contributed by atoms with E-state index >= 15 is 0 Å². The van der Waals surface area contributed by atoms with Gasteiger partial charge < -0.3 is 9.79 Å². The van der Waals surface area contributed by atoms with Crippen LogP contribution in [0.2, 0.25) is 0 Å². The van der Waals surface area contributed by atoms with Gasteiger partial charge in [0.2, 0.25) is 0 Å². The van der Waals surface area contributed by atoms with Crippen molar-refractivity contribution < 1.29 is 19.1 Å². The molecule has 0 bridgehead atoms. The molecule has 1 heterocycles. The van der Waals surface area contributed by atoms with E-state index in [0.29, 0.717) is 22.9 Å². The molecule has 0 aliphatic carbocycles. The van der Waals surface area contributed by atoms with Crippen molar-refractivity contribution in [3.63, 3.8) is 0 Å². The number of anilines is 1. The van der Waals surface area contributed by atoms with Crippen LogP contribution < -0.4 is 4.90 Å². The lowest BCUT2D eigenvalue weighted by Crippen LogP contribution is -2.39. The van der Waals surface area contributed by atoms with Crippen LogP contribution in [-0.2, 0) is 4.57 Å². The van der Waals surface area contributed by atoms with E-state index in [9.17, 15) is 9.36 Å². The molecule has 1 saturated heterocycles. The number of amides is 2. The molecule has 0 aromatic heterocycles. The Morgan fingerprint density at radius 3 is 2.39 bits per heavy atom. The van der Waals surface area contributed by atoms with Crippen LogP contribution in [0.1, 0.15) is 31.4 Å². The number of hydrogen-bond acceptors (Lipinski definition) is 3. The molecule has 0 spiro atoms. The molecule has 2 amide bonds. The zero-order valence-electron chi connectivity index (χ0n) is 13.7. The maximum atomic E-state index is 12.3. The third kappa shape index (κ3) is 3.93. The number of nitrogens with zero attached hydrogens (tertiary/aromatic N) is 3. The fraction of sp³-hybridized carbons (Fsp3) is 0.533. The molecule has 1 unspecified atom stereocenters. The minimum absolute atomic E-state index is 0.325. The summed E-state index contributed by atoms with van der Waals surface area (Å²) in [5.74, 6) is 0. The first-order valence-corrected chi connectivity index (χ1v) is 9.23. The summed E-state index contributed by atoms with van der Waals surface area (Å²) in [6.45, 7) is 3.18. The molecule has 1 aromatic rings. The third-order valence-electron chi connectivity index (χ3n) is 4.32. The van der Waals surface area contributed by atoms with Crippen LogP contribution in [-0.4, -0.2) is 52.6 Å². The van der Waals surface area contributed by atoms with Gasteiger partial charge in [-0.3, -0.25) is 9.80 Å². The van der Waals surface area contributed by atoms with Gasteiger partial charge in [-0.05, 0) is 51.1 Å². The summed E-state index contributed by atoms with van der Waals surface area (Å²) in [5.41, 5.74) is 1.82. The Balaban J connectivity index is 2.19. The second-order valence-corrected chi connectivity index (χ2v) is 7.42. The van der Waals surface area contributed by atoms with Gasteiger partial charge in [0.05, 0.1) is 0 Å². The summed E-state index contributed by atoms with van der Waals surface area (Å²) in [5, 5.41) is 0. The lowest BCUT2D eigenvalue weighted by Gasteiger charge is -2.28. The Morgan fingerprint density at radius 2 is 1.96 bits per heavy atom. The van der Waals surface area contributed by atoms with E-state index < -0.39 is 13.8 Å². The lowest BCUT2D eigenvalue weighted by atomic mass is 10.0. The molecule has 1 aliphatic rings. The predicted octanol–water partition coefficient (Wildman–Crippen LogP) is 2.42. The summed E-state index contributed by atoms with van der Waals surface area (Å²) in [4.78, 5) is 34.2. The summed E-state index contributed by atoms with van der Waals surface area (Å²) in [6, 6.07) is 7.30. The second-order valence-electron chi connectivity index (χ2n) is 5.79. The van der Waals surface area contributed by atoms with Crippen molar-refractivity contribution in [1.29, 1.82) is 0 Å². The molecule has 0 saturated carbocycles. The van der Waals surface area contributed by atoms with Gasteiger partial charge in [0.15, 0.2) is 0 Å². The monoisotopic (exact) mass is 341 g/mol. The molecular formula is C15H24N3O4P. The number of likely N-dealkylation sites (tertiary alicyclic amines) is 1. The number of urea groups is 1. The quantitative estimate of drug-likeness (QED) is 0.822. The lowest BCUT2D eigenvalue weighted by molar-refractivity contribution is 0.222. The second kappa shape index (κ2) is 7.01. The number of rotatable bonds is 4. The molecule has 128 valence electrons. The highest BCUT2D eigenvalue weighted by Gasteiger charge is 2.30. The highest BCUT2D eigenvalue weighted by atomic mass is 31.2. The van der Waals surface area contributed by atoms with E-state index in [0.717, 1.165) is 20.0 Å². The standard InChI is InChI=1S/C15H24N3O4P/c1-4-18(15(19)17(3)23(20,21)22)13-9-7-12(8-10-13)14-6-5-11-16(14)2/h7-10,14H,4-6,11H2,1-3H3,(H2,20,21,22). The van der Waals surface area contributed by atoms with Crippen molar-refractivity contribution in [2.45, 2.75) is 25.8 Å². The zero-order valence-corrected chi connectivity index (χ0v) is 14.6. The van der Waals surface area contributed by atoms with Crippen molar-refractivity contribution >= 4 is 19.5 Å². The fourth-order valence-corrected chi connectivity index (χ4v) is 3.25. The maximum Gasteiger partial charge on any atom is 0.433 e. The molecule has 2 rings (SSSR count). The first-order valence-electron chi connectivity index (χ1n) is 7.67. The first kappa shape index (κ1) is 17.9. The highest BCUT2D eigenvalue weighted by Crippen LogP contribution is 2.39. The normalized spacial score (nSPS) is 18.9. The average molecular weight is 341 g/mol. The van der Waals surface area contributed by atoms with E-state index in [1.165, 1.54) is 16.9 Å². The topological polar surface area (TPSA) is 84.3 Å². The number of carbonyl (C=O) groups excluding carboxylic acids is 1. The van der Waals surface area contributed by atoms with E-state index in [1.807, 2.05) is 24.3 Å². The third-order valence-corrected chi connectivity index (χ3v) is 5.28. The molecule has 1 atom stereocenters. The van der Waals surface area contributed by atoms with E-state index in [1.54, 1.807) is 6.92 Å². The van der Waals surface area contributed by atoms with Gasteiger partial charge in [-0.15, -0.1) is 0 Å². The number of hydrogen-bond donors (Lipinski definition) is 2. The first-order chi connectivity index (χ1) is 10.8. The molecule has 7 nitrogen and oxygen atoms in total. The largest absolute Gasteiger partial charge is 0.433 e. The Kier molecular flexibility index (Phi) is 5.47. The van der Waals surface area contributed by atoms with Crippen molar-refractivity contribution in [2.75, 3.05) is 32.1 Å². The molecule has 0 radical (unpaired) electrons. The van der Waals surface area contributed by atoms with E-state index in [2.05, 4.69) is 11.9 Å². The molecule has 23 heavy (non-hydrogen) atoms.